The van der Waals surface area contributed by atoms with Gasteiger partial charge in [-0.3, -0.25) is 0 Å². The molecule has 1 rings (SSSR count). The molecule has 0 spiro atoms. The molecule has 0 aromatic heterocycles. The van der Waals surface area contributed by atoms with Crippen LogP contribution in [0.2, 0.25) is 0 Å². The Morgan fingerprint density at radius 2 is 1.84 bits per heavy atom. The van der Waals surface area contributed by atoms with Gasteiger partial charge in [-0.1, -0.05) is 26.0 Å². The predicted molar refractivity (Wildman–Crippen MR) is 79.8 cm³/mol. The van der Waals surface area contributed by atoms with E-state index in [0.29, 0.717) is 10.8 Å². The van der Waals surface area contributed by atoms with Crippen molar-refractivity contribution in [2.24, 2.45) is 0 Å². The second kappa shape index (κ2) is 6.52. The molecule has 0 radical (unpaired) electrons. The summed E-state index contributed by atoms with van der Waals surface area (Å²) in [6.45, 7) is 3.96. The van der Waals surface area contributed by atoms with Gasteiger partial charge < -0.3 is 10.2 Å². The van der Waals surface area contributed by atoms with Crippen LogP contribution in [0.5, 0.6) is 0 Å². The van der Waals surface area contributed by atoms with Gasteiger partial charge in [0.2, 0.25) is 0 Å². The van der Waals surface area contributed by atoms with Crippen LogP contribution in [-0.2, 0) is 9.71 Å². The second-order valence-electron chi connectivity index (χ2n) is 5.01. The lowest BCUT2D eigenvalue weighted by atomic mass is 10.0. The lowest BCUT2D eigenvalue weighted by molar-refractivity contribution is 0.0834. The fourth-order valence-corrected chi connectivity index (χ4v) is 3.05. The van der Waals surface area contributed by atoms with Crippen LogP contribution in [0, 0.1) is 0 Å². The summed E-state index contributed by atoms with van der Waals surface area (Å²) in [5.41, 5.74) is 1.18. The molecule has 2 atom stereocenters. The highest BCUT2D eigenvalue weighted by Gasteiger charge is 2.17. The first kappa shape index (κ1) is 16.2. The monoisotopic (exact) mass is 285 g/mol. The maximum atomic E-state index is 12.6. The van der Waals surface area contributed by atoms with E-state index < -0.39 is 15.8 Å². The number of hydrogen-bond acceptors (Lipinski definition) is 3. The summed E-state index contributed by atoms with van der Waals surface area (Å²) in [5, 5.41) is 18.2. The zero-order valence-electron chi connectivity index (χ0n) is 11.7. The summed E-state index contributed by atoms with van der Waals surface area (Å²) in [7, 11) is -0.995. The van der Waals surface area contributed by atoms with Gasteiger partial charge in [-0.2, -0.15) is 0 Å². The van der Waals surface area contributed by atoms with E-state index >= 15 is 0 Å². The number of nitrogens with zero attached hydrogens (tertiary/aromatic N) is 1. The van der Waals surface area contributed by atoms with Gasteiger partial charge in [0.25, 0.3) is 0 Å². The molecule has 2 unspecified atom stereocenters. The quantitative estimate of drug-likeness (QED) is 0.769. The van der Waals surface area contributed by atoms with Crippen molar-refractivity contribution >= 4 is 15.6 Å². The lowest BCUT2D eigenvalue weighted by Crippen LogP contribution is -2.35. The van der Waals surface area contributed by atoms with Crippen LogP contribution >= 0.6 is 0 Å². The zero-order valence-corrected chi connectivity index (χ0v) is 12.6. The van der Waals surface area contributed by atoms with Gasteiger partial charge in [0.15, 0.2) is 0 Å². The summed E-state index contributed by atoms with van der Waals surface area (Å²) in [4.78, 5) is 0.629. The summed E-state index contributed by atoms with van der Waals surface area (Å²) in [5.74, 6) is 4.18. The van der Waals surface area contributed by atoms with E-state index in [1.807, 2.05) is 24.3 Å². The third-order valence-corrected chi connectivity index (χ3v) is 5.26. The molecule has 0 saturated heterocycles. The summed E-state index contributed by atoms with van der Waals surface area (Å²) in [6.07, 6.45) is -0.914. The van der Waals surface area contributed by atoms with Gasteiger partial charge in [-0.05, 0) is 36.5 Å². The van der Waals surface area contributed by atoms with Gasteiger partial charge in [-0.15, -0.1) is 0 Å². The van der Waals surface area contributed by atoms with Gasteiger partial charge in [-0.25, -0.2) is 8.51 Å². The van der Waals surface area contributed by atoms with Crippen molar-refractivity contribution in [3.05, 3.63) is 29.8 Å². The SMILES string of the molecule is C=S(=O)(c1ccc(C(C)C)cc1)N(C)CC(O)CO. The maximum Gasteiger partial charge on any atom is 0.0907 e. The summed E-state index contributed by atoms with van der Waals surface area (Å²) in [6, 6.07) is 7.52. The first-order chi connectivity index (χ1) is 8.78. The predicted octanol–water partition coefficient (Wildman–Crippen LogP) is 1.09. The number of rotatable bonds is 6. The molecule has 0 aliphatic carbocycles. The molecule has 1 aromatic carbocycles. The van der Waals surface area contributed by atoms with E-state index in [2.05, 4.69) is 19.7 Å². The number of aliphatic hydroxyl groups excluding tert-OH is 2. The first-order valence-electron chi connectivity index (χ1n) is 6.26. The Labute approximate surface area is 115 Å². The van der Waals surface area contributed by atoms with Gasteiger partial charge in [0.1, 0.15) is 0 Å². The molecule has 108 valence electrons. The van der Waals surface area contributed by atoms with E-state index in [9.17, 15) is 9.32 Å². The van der Waals surface area contributed by atoms with E-state index in [-0.39, 0.29) is 13.2 Å². The van der Waals surface area contributed by atoms with Gasteiger partial charge >= 0.3 is 0 Å². The van der Waals surface area contributed by atoms with Crippen molar-refractivity contribution in [2.45, 2.75) is 30.8 Å². The van der Waals surface area contributed by atoms with E-state index in [1.165, 1.54) is 9.87 Å². The molecule has 0 aliphatic heterocycles. The standard InChI is InChI=1S/C14H23NO3S/c1-11(2)12-5-7-14(8-6-12)19(4,18)15(3)9-13(17)10-16/h5-8,11,13,16-17H,4,9-10H2,1-3H3. The Morgan fingerprint density at radius 3 is 2.26 bits per heavy atom. The molecule has 0 heterocycles. The average molecular weight is 285 g/mol. The Kier molecular flexibility index (Phi) is 5.55. The molecule has 19 heavy (non-hydrogen) atoms. The zero-order chi connectivity index (χ0) is 14.6. The van der Waals surface area contributed by atoms with Crippen molar-refractivity contribution < 1.29 is 14.4 Å². The molecule has 0 aliphatic rings. The Balaban J connectivity index is 2.93. The topological polar surface area (TPSA) is 60.8 Å². The van der Waals surface area contributed by atoms with Crippen LogP contribution < -0.4 is 0 Å². The molecule has 0 bridgehead atoms. The minimum absolute atomic E-state index is 0.116. The molecular formula is C14H23NO3S. The highest BCUT2D eigenvalue weighted by Crippen LogP contribution is 2.19. The largest absolute Gasteiger partial charge is 0.394 e. The van der Waals surface area contributed by atoms with Crippen LogP contribution in [0.25, 0.3) is 0 Å². The van der Waals surface area contributed by atoms with Crippen LogP contribution in [0.4, 0.5) is 0 Å². The Morgan fingerprint density at radius 1 is 1.32 bits per heavy atom. The molecule has 5 heteroatoms. The van der Waals surface area contributed by atoms with Crippen LogP contribution in [0.1, 0.15) is 25.3 Å². The smallest absolute Gasteiger partial charge is 0.0907 e. The van der Waals surface area contributed by atoms with Crippen molar-refractivity contribution in [3.8, 4) is 0 Å². The molecule has 0 amide bonds. The van der Waals surface area contributed by atoms with E-state index in [1.54, 1.807) is 7.05 Å². The first-order valence-corrected chi connectivity index (χ1v) is 7.95. The third kappa shape index (κ3) is 4.04. The van der Waals surface area contributed by atoms with E-state index in [0.717, 1.165) is 0 Å². The van der Waals surface area contributed by atoms with Gasteiger partial charge in [0, 0.05) is 11.4 Å². The lowest BCUT2D eigenvalue weighted by Gasteiger charge is -2.24. The fourth-order valence-electron chi connectivity index (χ4n) is 1.72. The minimum atomic E-state index is -2.62. The molecule has 0 fully saturated rings. The molecule has 1 aromatic rings. The summed E-state index contributed by atoms with van der Waals surface area (Å²) >= 11 is 0. The molecule has 2 N–H and O–H groups in total. The fraction of sp³-hybridized carbons (Fsp3) is 0.500. The second-order valence-corrected chi connectivity index (χ2v) is 7.39. The number of aliphatic hydroxyl groups is 2. The average Bonchev–Trinajstić information content (AvgIpc) is 2.38. The highest BCUT2D eigenvalue weighted by atomic mass is 32.2. The van der Waals surface area contributed by atoms with Crippen LogP contribution in [0.15, 0.2) is 29.2 Å². The van der Waals surface area contributed by atoms with Crippen LogP contribution in [-0.4, -0.2) is 50.9 Å². The number of hydrogen-bond donors (Lipinski definition) is 2. The van der Waals surface area contributed by atoms with Crippen molar-refractivity contribution in [2.75, 3.05) is 20.2 Å². The van der Waals surface area contributed by atoms with Crippen molar-refractivity contribution in [1.29, 1.82) is 0 Å². The van der Waals surface area contributed by atoms with E-state index in [4.69, 9.17) is 5.11 Å². The van der Waals surface area contributed by atoms with Gasteiger partial charge in [0.05, 0.1) is 22.4 Å². The molecular weight excluding hydrogens is 262 g/mol. The third-order valence-electron chi connectivity index (χ3n) is 3.10. The minimum Gasteiger partial charge on any atom is -0.394 e. The highest BCUT2D eigenvalue weighted by molar-refractivity contribution is 7.98. The Hall–Kier alpha value is -0.880. The molecule has 4 nitrogen and oxygen atoms in total. The number of benzene rings is 1. The van der Waals surface area contributed by atoms with Crippen LogP contribution in [0.3, 0.4) is 0 Å². The normalized spacial score (nSPS) is 16.6. The van der Waals surface area contributed by atoms with Crippen molar-refractivity contribution in [1.82, 2.24) is 4.31 Å². The number of likely N-dealkylation sites (N-methyl/N-ethyl adjacent to an activating group) is 1. The summed E-state index contributed by atoms with van der Waals surface area (Å²) < 4.78 is 14.1. The molecule has 0 saturated carbocycles. The Bertz CT molecular complexity index is 494. The maximum absolute atomic E-state index is 12.6. The van der Waals surface area contributed by atoms with Crippen molar-refractivity contribution in [3.63, 3.8) is 0 Å².